The standard InChI is InChI=1S/C15H14Cl2N2O5/c16-9-1-2-15(14(17)3-9)24-13-5-10(18-7-12(21)8-20)4-11(6-13)19(22)23/h1-6,12,18,20-21H,7-8H2. The van der Waals surface area contributed by atoms with Crippen LogP contribution in [0.4, 0.5) is 11.4 Å². The van der Waals surface area contributed by atoms with Crippen LogP contribution < -0.4 is 10.1 Å². The zero-order valence-corrected chi connectivity index (χ0v) is 13.8. The molecule has 0 saturated heterocycles. The van der Waals surface area contributed by atoms with Crippen molar-refractivity contribution in [3.05, 3.63) is 56.6 Å². The Bertz CT molecular complexity index is 742. The summed E-state index contributed by atoms with van der Waals surface area (Å²) in [6.45, 7) is -0.398. The second-order valence-corrected chi connectivity index (χ2v) is 5.71. The minimum Gasteiger partial charge on any atom is -0.455 e. The van der Waals surface area contributed by atoms with Crippen LogP contribution in [0, 0.1) is 10.1 Å². The van der Waals surface area contributed by atoms with Gasteiger partial charge in [0.05, 0.1) is 28.7 Å². The maximum absolute atomic E-state index is 11.1. The van der Waals surface area contributed by atoms with Crippen LogP contribution in [0.1, 0.15) is 0 Å². The van der Waals surface area contributed by atoms with Gasteiger partial charge in [0, 0.05) is 29.4 Å². The Morgan fingerprint density at radius 3 is 2.62 bits per heavy atom. The van der Waals surface area contributed by atoms with Gasteiger partial charge in [0.15, 0.2) is 0 Å². The Kier molecular flexibility index (Phi) is 6.22. The van der Waals surface area contributed by atoms with E-state index in [1.165, 1.54) is 24.3 Å². The van der Waals surface area contributed by atoms with Crippen LogP contribution in [0.5, 0.6) is 11.5 Å². The molecular formula is C15H14Cl2N2O5. The topological polar surface area (TPSA) is 105 Å². The number of anilines is 1. The van der Waals surface area contributed by atoms with E-state index in [-0.39, 0.29) is 23.0 Å². The number of non-ortho nitro benzene ring substituents is 1. The Labute approximate surface area is 147 Å². The number of benzene rings is 2. The Morgan fingerprint density at radius 1 is 1.25 bits per heavy atom. The molecule has 2 aromatic carbocycles. The summed E-state index contributed by atoms with van der Waals surface area (Å²) >= 11 is 11.8. The van der Waals surface area contributed by atoms with E-state index in [0.717, 1.165) is 0 Å². The van der Waals surface area contributed by atoms with Crippen molar-refractivity contribution < 1.29 is 19.9 Å². The number of nitro benzene ring substituents is 1. The predicted octanol–water partition coefficient (Wildman–Crippen LogP) is 3.46. The molecule has 9 heteroatoms. The molecule has 24 heavy (non-hydrogen) atoms. The van der Waals surface area contributed by atoms with Gasteiger partial charge in [-0.1, -0.05) is 23.2 Å². The van der Waals surface area contributed by atoms with E-state index in [4.69, 9.17) is 33.0 Å². The van der Waals surface area contributed by atoms with Crippen molar-refractivity contribution in [2.24, 2.45) is 0 Å². The minimum atomic E-state index is -0.987. The zero-order chi connectivity index (χ0) is 17.7. The molecule has 7 nitrogen and oxygen atoms in total. The van der Waals surface area contributed by atoms with Gasteiger partial charge in [0.25, 0.3) is 5.69 Å². The number of aliphatic hydroxyl groups is 2. The number of aliphatic hydroxyl groups excluding tert-OH is 2. The summed E-state index contributed by atoms with van der Waals surface area (Å²) in [5.74, 6) is 0.484. The molecule has 1 atom stereocenters. The highest BCUT2D eigenvalue weighted by atomic mass is 35.5. The van der Waals surface area contributed by atoms with Crippen LogP contribution in [0.2, 0.25) is 10.0 Å². The molecule has 2 aromatic rings. The Balaban J connectivity index is 2.27. The quantitative estimate of drug-likeness (QED) is 0.507. The summed E-state index contributed by atoms with van der Waals surface area (Å²) in [5, 5.41) is 32.7. The predicted molar refractivity (Wildman–Crippen MR) is 91.2 cm³/mol. The van der Waals surface area contributed by atoms with Gasteiger partial charge in [-0.2, -0.15) is 0 Å². The fourth-order valence-electron chi connectivity index (χ4n) is 1.83. The minimum absolute atomic E-state index is 0.0266. The molecule has 1 unspecified atom stereocenters. The van der Waals surface area contributed by atoms with E-state index in [1.807, 2.05) is 0 Å². The van der Waals surface area contributed by atoms with Gasteiger partial charge >= 0.3 is 0 Å². The molecule has 0 amide bonds. The van der Waals surface area contributed by atoms with E-state index >= 15 is 0 Å². The fourth-order valence-corrected chi connectivity index (χ4v) is 2.28. The second-order valence-electron chi connectivity index (χ2n) is 4.87. The lowest BCUT2D eigenvalue weighted by Gasteiger charge is -2.12. The van der Waals surface area contributed by atoms with Gasteiger partial charge in [-0.05, 0) is 18.2 Å². The number of ether oxygens (including phenoxy) is 1. The molecule has 3 N–H and O–H groups in total. The number of rotatable bonds is 7. The first-order valence-electron chi connectivity index (χ1n) is 6.84. The number of nitrogens with zero attached hydrogens (tertiary/aromatic N) is 1. The third-order valence-electron chi connectivity index (χ3n) is 2.98. The second kappa shape index (κ2) is 8.16. The average Bonchev–Trinajstić information content (AvgIpc) is 2.55. The van der Waals surface area contributed by atoms with Crippen molar-refractivity contribution in [2.75, 3.05) is 18.5 Å². The van der Waals surface area contributed by atoms with Crippen molar-refractivity contribution in [1.82, 2.24) is 0 Å². The van der Waals surface area contributed by atoms with Gasteiger partial charge in [0.1, 0.15) is 11.5 Å². The van der Waals surface area contributed by atoms with Gasteiger partial charge in [-0.15, -0.1) is 0 Å². The lowest BCUT2D eigenvalue weighted by atomic mass is 10.2. The van der Waals surface area contributed by atoms with Crippen molar-refractivity contribution in [1.29, 1.82) is 0 Å². The van der Waals surface area contributed by atoms with Crippen LogP contribution in [0.3, 0.4) is 0 Å². The van der Waals surface area contributed by atoms with E-state index in [9.17, 15) is 15.2 Å². The maximum Gasteiger partial charge on any atom is 0.275 e. The van der Waals surface area contributed by atoms with Crippen molar-refractivity contribution in [2.45, 2.75) is 6.10 Å². The van der Waals surface area contributed by atoms with E-state index < -0.39 is 17.6 Å². The number of hydrogen-bond acceptors (Lipinski definition) is 6. The third-order valence-corrected chi connectivity index (χ3v) is 3.51. The fraction of sp³-hybridized carbons (Fsp3) is 0.200. The zero-order valence-electron chi connectivity index (χ0n) is 12.3. The van der Waals surface area contributed by atoms with Crippen LogP contribution >= 0.6 is 23.2 Å². The molecule has 128 valence electrons. The highest BCUT2D eigenvalue weighted by molar-refractivity contribution is 6.35. The first kappa shape index (κ1) is 18.3. The number of halogens is 2. The number of nitro groups is 1. The van der Waals surface area contributed by atoms with Crippen LogP contribution in [0.15, 0.2) is 36.4 Å². The molecule has 0 bridgehead atoms. The van der Waals surface area contributed by atoms with Crippen LogP contribution in [-0.2, 0) is 0 Å². The molecule has 0 aromatic heterocycles. The first-order chi connectivity index (χ1) is 11.4. The van der Waals surface area contributed by atoms with Gasteiger partial charge < -0.3 is 20.3 Å². The molecular weight excluding hydrogens is 359 g/mol. The van der Waals surface area contributed by atoms with E-state index in [1.54, 1.807) is 12.1 Å². The molecule has 0 saturated carbocycles. The number of nitrogens with one attached hydrogen (secondary N) is 1. The Morgan fingerprint density at radius 2 is 2.00 bits per heavy atom. The van der Waals surface area contributed by atoms with Crippen molar-refractivity contribution in [3.63, 3.8) is 0 Å². The van der Waals surface area contributed by atoms with E-state index in [2.05, 4.69) is 5.32 Å². The summed E-state index contributed by atoms with van der Waals surface area (Å²) < 4.78 is 5.58. The molecule has 0 aliphatic rings. The van der Waals surface area contributed by atoms with Gasteiger partial charge in [-0.3, -0.25) is 10.1 Å². The lowest BCUT2D eigenvalue weighted by molar-refractivity contribution is -0.384. The molecule has 2 rings (SSSR count). The molecule has 0 aliphatic heterocycles. The maximum atomic E-state index is 11.1. The third kappa shape index (κ3) is 4.97. The monoisotopic (exact) mass is 372 g/mol. The van der Waals surface area contributed by atoms with E-state index in [0.29, 0.717) is 16.5 Å². The summed E-state index contributed by atoms with van der Waals surface area (Å²) in [4.78, 5) is 10.5. The summed E-state index contributed by atoms with van der Waals surface area (Å²) in [6.07, 6.45) is -0.987. The van der Waals surface area contributed by atoms with Crippen LogP contribution in [-0.4, -0.2) is 34.4 Å². The van der Waals surface area contributed by atoms with Gasteiger partial charge in [-0.25, -0.2) is 0 Å². The number of hydrogen-bond donors (Lipinski definition) is 3. The Hall–Kier alpha value is -2.06. The molecule has 0 spiro atoms. The smallest absolute Gasteiger partial charge is 0.275 e. The summed E-state index contributed by atoms with van der Waals surface area (Å²) in [5.41, 5.74) is 0.162. The van der Waals surface area contributed by atoms with Crippen molar-refractivity contribution in [3.8, 4) is 11.5 Å². The van der Waals surface area contributed by atoms with Crippen molar-refractivity contribution >= 4 is 34.6 Å². The highest BCUT2D eigenvalue weighted by Crippen LogP contribution is 2.34. The SMILES string of the molecule is O=[N+]([O-])c1cc(NCC(O)CO)cc(Oc2ccc(Cl)cc2Cl)c1. The molecule has 0 radical (unpaired) electrons. The molecule has 0 aliphatic carbocycles. The molecule has 0 heterocycles. The first-order valence-corrected chi connectivity index (χ1v) is 7.60. The molecule has 0 fully saturated rings. The summed E-state index contributed by atoms with van der Waals surface area (Å²) in [7, 11) is 0. The van der Waals surface area contributed by atoms with Gasteiger partial charge in [0.2, 0.25) is 0 Å². The summed E-state index contributed by atoms with van der Waals surface area (Å²) in [6, 6.07) is 8.68. The average molecular weight is 373 g/mol. The van der Waals surface area contributed by atoms with Crippen LogP contribution in [0.25, 0.3) is 0 Å². The largest absolute Gasteiger partial charge is 0.455 e. The lowest BCUT2D eigenvalue weighted by Crippen LogP contribution is -2.22. The highest BCUT2D eigenvalue weighted by Gasteiger charge is 2.13. The normalized spacial score (nSPS) is 11.8.